The largest absolute Gasteiger partial charge is 0.407 e. The average molecular weight is 355 g/mol. The third kappa shape index (κ3) is 4.42. The lowest BCUT2D eigenvalue weighted by molar-refractivity contribution is 0.159. The Labute approximate surface area is 155 Å². The van der Waals surface area contributed by atoms with Crippen molar-refractivity contribution in [1.29, 1.82) is 0 Å². The highest BCUT2D eigenvalue weighted by molar-refractivity contribution is 6.99. The van der Waals surface area contributed by atoms with Crippen LogP contribution < -0.4 is 10.4 Å². The predicted molar refractivity (Wildman–Crippen MR) is 112 cm³/mol. The fraction of sp³-hybridized carbons (Fsp3) is 0.478. The summed E-state index contributed by atoms with van der Waals surface area (Å²) < 4.78 is 7.02. The molecule has 0 fully saturated rings. The topological polar surface area (TPSA) is 9.23 Å². The molecule has 0 amide bonds. The van der Waals surface area contributed by atoms with Crippen LogP contribution in [0.2, 0.25) is 5.04 Å². The van der Waals surface area contributed by atoms with Crippen molar-refractivity contribution in [3.8, 4) is 0 Å². The van der Waals surface area contributed by atoms with Crippen LogP contribution in [0.5, 0.6) is 0 Å². The van der Waals surface area contributed by atoms with Crippen LogP contribution in [0, 0.1) is 5.41 Å². The van der Waals surface area contributed by atoms with E-state index in [4.69, 9.17) is 4.43 Å². The standard InChI is InChI=1S/C23H34OSi/c1-7-18-23(5,6)19-24-25(22(2,3)4,20-14-10-8-11-15-20)21-16-12-9-13-17-21/h8-17H,7,18-19H2,1-6H3. The van der Waals surface area contributed by atoms with E-state index in [0.29, 0.717) is 0 Å². The molecule has 0 heterocycles. The minimum atomic E-state index is -2.39. The van der Waals surface area contributed by atoms with Crippen LogP contribution in [0.25, 0.3) is 0 Å². The van der Waals surface area contributed by atoms with Gasteiger partial charge < -0.3 is 4.43 Å². The maximum absolute atomic E-state index is 7.02. The van der Waals surface area contributed by atoms with Gasteiger partial charge in [-0.2, -0.15) is 0 Å². The third-order valence-corrected chi connectivity index (χ3v) is 10.0. The van der Waals surface area contributed by atoms with E-state index in [2.05, 4.69) is 102 Å². The fourth-order valence-corrected chi connectivity index (χ4v) is 8.58. The minimum Gasteiger partial charge on any atom is -0.407 e. The quantitative estimate of drug-likeness (QED) is 0.606. The first-order chi connectivity index (χ1) is 11.7. The van der Waals surface area contributed by atoms with E-state index in [1.54, 1.807) is 0 Å². The smallest absolute Gasteiger partial charge is 0.261 e. The van der Waals surface area contributed by atoms with Crippen LogP contribution in [0.15, 0.2) is 60.7 Å². The van der Waals surface area contributed by atoms with Gasteiger partial charge in [-0.25, -0.2) is 0 Å². The molecule has 0 aliphatic rings. The van der Waals surface area contributed by atoms with Crippen molar-refractivity contribution in [2.24, 2.45) is 5.41 Å². The second-order valence-corrected chi connectivity index (χ2v) is 13.2. The first-order valence-corrected chi connectivity index (χ1v) is 11.4. The van der Waals surface area contributed by atoms with Gasteiger partial charge in [-0.1, -0.05) is 109 Å². The lowest BCUT2D eigenvalue weighted by Gasteiger charge is -2.44. The van der Waals surface area contributed by atoms with Gasteiger partial charge in [0.15, 0.2) is 0 Å². The Bertz CT molecular complexity index is 601. The Balaban J connectivity index is 2.57. The van der Waals surface area contributed by atoms with Crippen molar-refractivity contribution in [3.63, 3.8) is 0 Å². The van der Waals surface area contributed by atoms with Gasteiger partial charge in [0.25, 0.3) is 8.32 Å². The lowest BCUT2D eigenvalue weighted by atomic mass is 9.89. The molecule has 136 valence electrons. The summed E-state index contributed by atoms with van der Waals surface area (Å²) in [5, 5.41) is 2.78. The van der Waals surface area contributed by atoms with Crippen molar-refractivity contribution >= 4 is 18.7 Å². The van der Waals surface area contributed by atoms with E-state index < -0.39 is 8.32 Å². The summed E-state index contributed by atoms with van der Waals surface area (Å²) in [6.45, 7) is 14.7. The van der Waals surface area contributed by atoms with Gasteiger partial charge in [0.05, 0.1) is 0 Å². The average Bonchev–Trinajstić information content (AvgIpc) is 2.56. The molecule has 2 aromatic rings. The summed E-state index contributed by atoms with van der Waals surface area (Å²) in [4.78, 5) is 0. The van der Waals surface area contributed by atoms with E-state index in [-0.39, 0.29) is 10.5 Å². The Morgan fingerprint density at radius 2 is 1.20 bits per heavy atom. The zero-order valence-electron chi connectivity index (χ0n) is 16.8. The highest BCUT2D eigenvalue weighted by Crippen LogP contribution is 2.38. The minimum absolute atomic E-state index is 0.0536. The SMILES string of the molecule is CCCC(C)(C)CO[Si](c1ccccc1)(c1ccccc1)C(C)(C)C. The molecule has 0 atom stereocenters. The molecule has 1 nitrogen and oxygen atoms in total. The first-order valence-electron chi connectivity index (χ1n) is 9.48. The second kappa shape index (κ2) is 7.88. The monoisotopic (exact) mass is 354 g/mol. The van der Waals surface area contributed by atoms with E-state index in [1.165, 1.54) is 23.2 Å². The highest BCUT2D eigenvalue weighted by atomic mass is 28.4. The van der Waals surface area contributed by atoms with Crippen LogP contribution in [0.3, 0.4) is 0 Å². The predicted octanol–water partition coefficient (Wildman–Crippen LogP) is 5.39. The normalized spacial score (nSPS) is 13.0. The Morgan fingerprint density at radius 3 is 1.56 bits per heavy atom. The molecular formula is C23H34OSi. The van der Waals surface area contributed by atoms with E-state index in [1.807, 2.05) is 0 Å². The summed E-state index contributed by atoms with van der Waals surface area (Å²) in [5.41, 5.74) is 0.196. The van der Waals surface area contributed by atoms with Crippen molar-refractivity contribution in [2.75, 3.05) is 6.61 Å². The number of hydrogen-bond donors (Lipinski definition) is 0. The van der Waals surface area contributed by atoms with Crippen molar-refractivity contribution in [3.05, 3.63) is 60.7 Å². The van der Waals surface area contributed by atoms with E-state index in [9.17, 15) is 0 Å². The van der Waals surface area contributed by atoms with Gasteiger partial charge >= 0.3 is 0 Å². The maximum atomic E-state index is 7.02. The van der Waals surface area contributed by atoms with Crippen LogP contribution in [0.1, 0.15) is 54.4 Å². The Kier molecular flexibility index (Phi) is 6.29. The van der Waals surface area contributed by atoms with Gasteiger partial charge in [-0.05, 0) is 27.2 Å². The van der Waals surface area contributed by atoms with Crippen LogP contribution >= 0.6 is 0 Å². The molecule has 0 aliphatic heterocycles. The molecule has 0 radical (unpaired) electrons. The van der Waals surface area contributed by atoms with Gasteiger partial charge in [0.1, 0.15) is 0 Å². The lowest BCUT2D eigenvalue weighted by Crippen LogP contribution is -2.67. The summed E-state index contributed by atoms with van der Waals surface area (Å²) in [7, 11) is -2.39. The molecule has 2 rings (SSSR count). The Hall–Kier alpha value is -1.38. The molecule has 2 heteroatoms. The molecule has 0 saturated carbocycles. The van der Waals surface area contributed by atoms with Crippen molar-refractivity contribution < 1.29 is 4.43 Å². The highest BCUT2D eigenvalue weighted by Gasteiger charge is 2.50. The molecule has 25 heavy (non-hydrogen) atoms. The van der Waals surface area contributed by atoms with Gasteiger partial charge in [0.2, 0.25) is 0 Å². The molecular weight excluding hydrogens is 320 g/mol. The molecule has 0 aliphatic carbocycles. The molecule has 0 aromatic heterocycles. The zero-order chi connectivity index (χ0) is 18.6. The molecule has 0 spiro atoms. The summed E-state index contributed by atoms with van der Waals surface area (Å²) in [6.07, 6.45) is 2.38. The van der Waals surface area contributed by atoms with Gasteiger partial charge in [-0.15, -0.1) is 0 Å². The number of rotatable bonds is 7. The van der Waals surface area contributed by atoms with E-state index >= 15 is 0 Å². The molecule has 0 bridgehead atoms. The summed E-state index contributed by atoms with van der Waals surface area (Å²) in [6, 6.07) is 21.8. The van der Waals surface area contributed by atoms with Crippen LogP contribution in [0.4, 0.5) is 0 Å². The molecule has 2 aromatic carbocycles. The molecule has 0 unspecified atom stereocenters. The molecule has 0 N–H and O–H groups in total. The number of benzene rings is 2. The number of hydrogen-bond acceptors (Lipinski definition) is 1. The molecule has 0 saturated heterocycles. The third-order valence-electron chi connectivity index (χ3n) is 5.02. The van der Waals surface area contributed by atoms with Crippen LogP contribution in [-0.2, 0) is 4.43 Å². The summed E-state index contributed by atoms with van der Waals surface area (Å²) >= 11 is 0. The second-order valence-electron chi connectivity index (χ2n) is 8.87. The fourth-order valence-electron chi connectivity index (χ4n) is 3.81. The summed E-state index contributed by atoms with van der Waals surface area (Å²) in [5.74, 6) is 0. The van der Waals surface area contributed by atoms with Crippen molar-refractivity contribution in [2.45, 2.75) is 59.4 Å². The van der Waals surface area contributed by atoms with Crippen LogP contribution in [-0.4, -0.2) is 14.9 Å². The van der Waals surface area contributed by atoms with Crippen molar-refractivity contribution in [1.82, 2.24) is 0 Å². The maximum Gasteiger partial charge on any atom is 0.261 e. The first kappa shape index (κ1) is 19.9. The van der Waals surface area contributed by atoms with E-state index in [0.717, 1.165) is 6.61 Å². The van der Waals surface area contributed by atoms with Gasteiger partial charge in [-0.3, -0.25) is 0 Å². The Morgan fingerprint density at radius 1 is 0.760 bits per heavy atom. The van der Waals surface area contributed by atoms with Gasteiger partial charge in [0, 0.05) is 6.61 Å². The zero-order valence-corrected chi connectivity index (χ0v) is 17.8.